The molecule has 1 aromatic carbocycles. The molecular formula is C18H18N2O5. The van der Waals surface area contributed by atoms with Crippen molar-refractivity contribution in [2.75, 3.05) is 7.11 Å². The highest BCUT2D eigenvalue weighted by atomic mass is 16.7. The summed E-state index contributed by atoms with van der Waals surface area (Å²) in [7, 11) is 1.56. The van der Waals surface area contributed by atoms with E-state index in [0.29, 0.717) is 27.8 Å². The van der Waals surface area contributed by atoms with Gasteiger partial charge in [0.15, 0.2) is 0 Å². The molecule has 2 heterocycles. The van der Waals surface area contributed by atoms with Crippen LogP contribution >= 0.6 is 0 Å². The normalized spacial score (nSPS) is 17.4. The van der Waals surface area contributed by atoms with Crippen LogP contribution in [0.25, 0.3) is 10.9 Å². The van der Waals surface area contributed by atoms with Crippen molar-refractivity contribution in [1.82, 2.24) is 9.63 Å². The van der Waals surface area contributed by atoms with Gasteiger partial charge >= 0.3 is 5.97 Å². The Balaban J connectivity index is 1.79. The molecule has 1 saturated carbocycles. The van der Waals surface area contributed by atoms with Gasteiger partial charge in [-0.25, -0.2) is 4.79 Å². The van der Waals surface area contributed by atoms with E-state index < -0.39 is 17.8 Å². The molecule has 0 atom stereocenters. The fourth-order valence-corrected chi connectivity index (χ4v) is 3.40. The molecule has 2 aromatic rings. The minimum Gasteiger partial charge on any atom is -0.497 e. The van der Waals surface area contributed by atoms with E-state index in [1.54, 1.807) is 13.2 Å². The van der Waals surface area contributed by atoms with E-state index in [2.05, 4.69) is 4.57 Å². The summed E-state index contributed by atoms with van der Waals surface area (Å²) in [5.41, 5.74) is 2.06. The zero-order valence-electron chi connectivity index (χ0n) is 14.1. The monoisotopic (exact) mass is 342 g/mol. The molecule has 1 aromatic heterocycles. The third-order valence-electron chi connectivity index (χ3n) is 4.75. The minimum absolute atomic E-state index is 0.0722. The summed E-state index contributed by atoms with van der Waals surface area (Å²) in [6.07, 6.45) is 2.27. The van der Waals surface area contributed by atoms with E-state index in [4.69, 9.17) is 9.57 Å². The lowest BCUT2D eigenvalue weighted by Crippen LogP contribution is -2.32. The van der Waals surface area contributed by atoms with Crippen LogP contribution in [0.1, 0.15) is 47.8 Å². The lowest BCUT2D eigenvalue weighted by molar-refractivity contribution is -0.172. The number of carbonyl (C=O) groups is 3. The Morgan fingerprint density at radius 3 is 2.44 bits per heavy atom. The first-order chi connectivity index (χ1) is 12.0. The molecule has 1 aliphatic carbocycles. The molecule has 0 unspecified atom stereocenters. The predicted molar refractivity (Wildman–Crippen MR) is 88.0 cm³/mol. The van der Waals surface area contributed by atoms with Gasteiger partial charge in [-0.15, -0.1) is 5.06 Å². The van der Waals surface area contributed by atoms with Crippen LogP contribution in [0.5, 0.6) is 5.75 Å². The van der Waals surface area contributed by atoms with E-state index in [0.717, 1.165) is 24.1 Å². The van der Waals surface area contributed by atoms with Gasteiger partial charge in [-0.1, -0.05) is 0 Å². The number of amides is 2. The fourth-order valence-electron chi connectivity index (χ4n) is 3.40. The largest absolute Gasteiger partial charge is 0.497 e. The lowest BCUT2D eigenvalue weighted by atomic mass is 10.1. The first-order valence-corrected chi connectivity index (χ1v) is 8.28. The second-order valence-corrected chi connectivity index (χ2v) is 6.41. The average molecular weight is 342 g/mol. The maximum atomic E-state index is 12.8. The Labute approximate surface area is 144 Å². The Morgan fingerprint density at radius 1 is 1.16 bits per heavy atom. The molecular weight excluding hydrogens is 324 g/mol. The van der Waals surface area contributed by atoms with E-state index in [1.807, 2.05) is 19.1 Å². The van der Waals surface area contributed by atoms with Crippen molar-refractivity contribution in [2.45, 2.75) is 38.6 Å². The first kappa shape index (κ1) is 15.7. The van der Waals surface area contributed by atoms with Crippen LogP contribution in [-0.2, 0) is 14.4 Å². The first-order valence-electron chi connectivity index (χ1n) is 8.28. The Kier molecular flexibility index (Phi) is 3.52. The van der Waals surface area contributed by atoms with Gasteiger partial charge in [-0.05, 0) is 38.0 Å². The van der Waals surface area contributed by atoms with Crippen LogP contribution < -0.4 is 4.74 Å². The molecule has 2 aliphatic rings. The number of benzene rings is 1. The van der Waals surface area contributed by atoms with Crippen LogP contribution in [-0.4, -0.2) is 34.5 Å². The molecule has 1 saturated heterocycles. The number of fused-ring (bicyclic) bond motifs is 1. The van der Waals surface area contributed by atoms with Crippen LogP contribution in [0.15, 0.2) is 18.2 Å². The minimum atomic E-state index is -0.696. The number of nitrogens with zero attached hydrogens (tertiary/aromatic N) is 2. The summed E-state index contributed by atoms with van der Waals surface area (Å²) in [4.78, 5) is 41.4. The molecule has 1 aliphatic heterocycles. The summed E-state index contributed by atoms with van der Waals surface area (Å²) in [5.74, 6) is -1.04. The quantitative estimate of drug-likeness (QED) is 0.798. The van der Waals surface area contributed by atoms with Crippen molar-refractivity contribution >= 4 is 28.7 Å². The number of hydrogen-bond acceptors (Lipinski definition) is 5. The number of ether oxygens (including phenoxy) is 1. The molecule has 4 rings (SSSR count). The molecule has 0 bridgehead atoms. The Morgan fingerprint density at radius 2 is 1.84 bits per heavy atom. The molecule has 130 valence electrons. The number of imide groups is 1. The van der Waals surface area contributed by atoms with Crippen LogP contribution in [0.4, 0.5) is 0 Å². The highest BCUT2D eigenvalue weighted by Gasteiger charge is 2.36. The van der Waals surface area contributed by atoms with Crippen molar-refractivity contribution in [3.05, 3.63) is 29.5 Å². The molecule has 0 radical (unpaired) electrons. The topological polar surface area (TPSA) is 77.8 Å². The number of carbonyl (C=O) groups excluding carboxylic acids is 3. The lowest BCUT2D eigenvalue weighted by Gasteiger charge is -2.13. The average Bonchev–Trinajstić information content (AvgIpc) is 3.33. The molecule has 0 N–H and O–H groups in total. The van der Waals surface area contributed by atoms with Gasteiger partial charge in [0.05, 0.1) is 12.7 Å². The predicted octanol–water partition coefficient (Wildman–Crippen LogP) is 2.51. The van der Waals surface area contributed by atoms with Gasteiger partial charge in [-0.2, -0.15) is 0 Å². The highest BCUT2D eigenvalue weighted by Crippen LogP contribution is 2.42. The molecule has 2 amide bonds. The van der Waals surface area contributed by atoms with Gasteiger partial charge in [0.2, 0.25) is 0 Å². The summed E-state index contributed by atoms with van der Waals surface area (Å²) < 4.78 is 7.39. The second kappa shape index (κ2) is 5.61. The van der Waals surface area contributed by atoms with E-state index in [9.17, 15) is 14.4 Å². The third-order valence-corrected chi connectivity index (χ3v) is 4.75. The summed E-state index contributed by atoms with van der Waals surface area (Å²) >= 11 is 0. The smallest absolute Gasteiger partial charge is 0.366 e. The third kappa shape index (κ3) is 2.47. The molecule has 0 spiro atoms. The Bertz CT molecular complexity index is 894. The van der Waals surface area contributed by atoms with Crippen molar-refractivity contribution in [3.8, 4) is 5.75 Å². The van der Waals surface area contributed by atoms with E-state index in [1.165, 1.54) is 0 Å². The SMILES string of the molecule is COc1ccc2c(c1)c(C(=O)ON1C(=O)CCC1=O)c(C)n2C1CC1. The Hall–Kier alpha value is -2.83. The van der Waals surface area contributed by atoms with E-state index in [-0.39, 0.29) is 12.8 Å². The van der Waals surface area contributed by atoms with Crippen molar-refractivity contribution < 1.29 is 24.0 Å². The maximum absolute atomic E-state index is 12.8. The zero-order chi connectivity index (χ0) is 17.7. The van der Waals surface area contributed by atoms with E-state index >= 15 is 0 Å². The van der Waals surface area contributed by atoms with Gasteiger partial charge < -0.3 is 14.1 Å². The molecule has 2 fully saturated rings. The van der Waals surface area contributed by atoms with Crippen LogP contribution in [0.3, 0.4) is 0 Å². The van der Waals surface area contributed by atoms with Crippen LogP contribution in [0, 0.1) is 6.92 Å². The summed E-state index contributed by atoms with van der Waals surface area (Å²) in [5, 5.41) is 1.29. The number of hydrogen-bond donors (Lipinski definition) is 0. The maximum Gasteiger partial charge on any atom is 0.366 e. The highest BCUT2D eigenvalue weighted by molar-refractivity contribution is 6.08. The summed E-state index contributed by atoms with van der Waals surface area (Å²) in [6.45, 7) is 1.86. The van der Waals surface area contributed by atoms with Gasteiger partial charge in [-0.3, -0.25) is 9.59 Å². The summed E-state index contributed by atoms with van der Waals surface area (Å²) in [6, 6.07) is 5.92. The zero-order valence-corrected chi connectivity index (χ0v) is 14.1. The molecule has 7 nitrogen and oxygen atoms in total. The number of methoxy groups -OCH3 is 1. The molecule has 7 heteroatoms. The van der Waals surface area contributed by atoms with Crippen LogP contribution in [0.2, 0.25) is 0 Å². The van der Waals surface area contributed by atoms with Gasteiger partial charge in [0.25, 0.3) is 11.8 Å². The van der Waals surface area contributed by atoms with Crippen molar-refractivity contribution in [1.29, 1.82) is 0 Å². The molecule has 25 heavy (non-hydrogen) atoms. The second-order valence-electron chi connectivity index (χ2n) is 6.41. The van der Waals surface area contributed by atoms with Gasteiger partial charge in [0.1, 0.15) is 5.75 Å². The van der Waals surface area contributed by atoms with Gasteiger partial charge in [0, 0.05) is 35.5 Å². The fraction of sp³-hybridized carbons (Fsp3) is 0.389. The number of hydroxylamine groups is 2. The van der Waals surface area contributed by atoms with Crippen molar-refractivity contribution in [2.24, 2.45) is 0 Å². The van der Waals surface area contributed by atoms with Crippen molar-refractivity contribution in [3.63, 3.8) is 0 Å². The number of rotatable bonds is 4. The standard InChI is InChI=1S/C18H18N2O5/c1-10-17(18(23)25-20-15(21)7-8-16(20)22)13-9-12(24-2)5-6-14(13)19(10)11-3-4-11/h5-6,9,11H,3-4,7-8H2,1-2H3. The number of aromatic nitrogens is 1.